The fraction of sp³-hybridized carbons (Fsp3) is 0.375. The number of carbonyl (C=O) groups is 2. The van der Waals surface area contributed by atoms with Crippen LogP contribution in [0.5, 0.6) is 0 Å². The molecule has 2 heterocycles. The molecule has 7 nitrogen and oxygen atoms in total. The molecule has 1 fully saturated rings. The Balaban J connectivity index is 1.57. The van der Waals surface area contributed by atoms with Gasteiger partial charge in [0.25, 0.3) is 5.91 Å². The molecule has 1 aliphatic rings. The van der Waals surface area contributed by atoms with E-state index >= 15 is 0 Å². The summed E-state index contributed by atoms with van der Waals surface area (Å²) in [6, 6.07) is 8.66. The van der Waals surface area contributed by atoms with Crippen molar-refractivity contribution in [1.29, 1.82) is 0 Å². The van der Waals surface area contributed by atoms with Crippen LogP contribution >= 0.6 is 0 Å². The summed E-state index contributed by atoms with van der Waals surface area (Å²) in [7, 11) is -3.13. The number of ether oxygens (including phenoxy) is 1. The zero-order valence-corrected chi connectivity index (χ0v) is 13.9. The van der Waals surface area contributed by atoms with Crippen molar-refractivity contribution in [3.63, 3.8) is 0 Å². The lowest BCUT2D eigenvalue weighted by Crippen LogP contribution is -2.48. The molecule has 0 radical (unpaired) electrons. The molecule has 1 N–H and O–H groups in total. The molecule has 24 heavy (non-hydrogen) atoms. The normalized spacial score (nSPS) is 22.4. The molecule has 1 aromatic heterocycles. The third-order valence-corrected chi connectivity index (χ3v) is 5.81. The molecule has 0 spiro atoms. The number of fused-ring (bicyclic) bond motifs is 1. The van der Waals surface area contributed by atoms with Gasteiger partial charge < -0.3 is 14.5 Å². The number of nitrogens with one attached hydrogen (secondary N) is 1. The zero-order valence-electron chi connectivity index (χ0n) is 13.1. The smallest absolute Gasteiger partial charge is 0.374 e. The van der Waals surface area contributed by atoms with E-state index in [1.54, 1.807) is 31.2 Å². The third-order valence-electron chi connectivity index (χ3n) is 3.91. The number of furan rings is 1. The Morgan fingerprint density at radius 2 is 2.08 bits per heavy atom. The van der Waals surface area contributed by atoms with Gasteiger partial charge in [-0.1, -0.05) is 18.2 Å². The van der Waals surface area contributed by atoms with Crippen LogP contribution in [0.25, 0.3) is 11.0 Å². The molecule has 2 aromatic rings. The van der Waals surface area contributed by atoms with Crippen LogP contribution < -0.4 is 5.32 Å². The summed E-state index contributed by atoms with van der Waals surface area (Å²) in [6.45, 7) is 1.17. The fourth-order valence-electron chi connectivity index (χ4n) is 2.77. The average Bonchev–Trinajstić information content (AvgIpc) is 3.05. The molecule has 128 valence electrons. The largest absolute Gasteiger partial charge is 0.450 e. The van der Waals surface area contributed by atoms with Gasteiger partial charge in [-0.2, -0.15) is 0 Å². The second-order valence-electron chi connectivity index (χ2n) is 6.18. The molecule has 1 aromatic carbocycles. The highest BCUT2D eigenvalue weighted by Gasteiger charge is 2.39. The van der Waals surface area contributed by atoms with Crippen LogP contribution in [0.1, 0.15) is 23.9 Å². The Kier molecular flexibility index (Phi) is 4.08. The van der Waals surface area contributed by atoms with Crippen LogP contribution in [-0.2, 0) is 19.4 Å². The van der Waals surface area contributed by atoms with E-state index < -0.39 is 33.9 Å². The molecule has 8 heteroatoms. The van der Waals surface area contributed by atoms with Gasteiger partial charge in [0.15, 0.2) is 16.4 Å². The van der Waals surface area contributed by atoms with Crippen LogP contribution in [0.4, 0.5) is 0 Å². The van der Waals surface area contributed by atoms with E-state index in [9.17, 15) is 18.0 Å². The van der Waals surface area contributed by atoms with Crippen molar-refractivity contribution in [3.8, 4) is 0 Å². The Morgan fingerprint density at radius 3 is 2.75 bits per heavy atom. The highest BCUT2D eigenvalue weighted by Crippen LogP contribution is 2.23. The van der Waals surface area contributed by atoms with Crippen LogP contribution in [0, 0.1) is 0 Å². The summed E-state index contributed by atoms with van der Waals surface area (Å²) < 4.78 is 33.3. The summed E-state index contributed by atoms with van der Waals surface area (Å²) in [6.07, 6.45) is 0.346. The van der Waals surface area contributed by atoms with Gasteiger partial charge in [0, 0.05) is 5.39 Å². The van der Waals surface area contributed by atoms with Crippen LogP contribution in [0.2, 0.25) is 0 Å². The predicted octanol–water partition coefficient (Wildman–Crippen LogP) is 1.28. The van der Waals surface area contributed by atoms with E-state index in [4.69, 9.17) is 9.15 Å². The van der Waals surface area contributed by atoms with Crippen molar-refractivity contribution >= 4 is 32.7 Å². The van der Waals surface area contributed by atoms with E-state index in [1.807, 2.05) is 6.07 Å². The van der Waals surface area contributed by atoms with Gasteiger partial charge in [0.2, 0.25) is 5.76 Å². The first-order chi connectivity index (χ1) is 11.3. The number of carbonyl (C=O) groups excluding carboxylic acids is 2. The van der Waals surface area contributed by atoms with Crippen LogP contribution in [0.15, 0.2) is 34.7 Å². The minimum Gasteiger partial charge on any atom is -0.450 e. The Labute approximate surface area is 138 Å². The number of hydrogen-bond donors (Lipinski definition) is 1. The summed E-state index contributed by atoms with van der Waals surface area (Å²) in [5.41, 5.74) is -0.264. The number of rotatable bonds is 4. The quantitative estimate of drug-likeness (QED) is 0.833. The van der Waals surface area contributed by atoms with Crippen molar-refractivity contribution in [1.82, 2.24) is 5.32 Å². The predicted molar refractivity (Wildman–Crippen MR) is 86.3 cm³/mol. The Hall–Kier alpha value is -2.35. The molecular weight excluding hydrogens is 334 g/mol. The van der Waals surface area contributed by atoms with Gasteiger partial charge in [-0.25, -0.2) is 13.2 Å². The number of hydrogen-bond acceptors (Lipinski definition) is 6. The van der Waals surface area contributed by atoms with E-state index in [1.165, 1.54) is 0 Å². The van der Waals surface area contributed by atoms with Crippen molar-refractivity contribution in [2.75, 3.05) is 18.1 Å². The Morgan fingerprint density at radius 1 is 1.33 bits per heavy atom. The lowest BCUT2D eigenvalue weighted by molar-refractivity contribution is -0.125. The second-order valence-corrected chi connectivity index (χ2v) is 8.36. The van der Waals surface area contributed by atoms with Crippen molar-refractivity contribution in [2.24, 2.45) is 0 Å². The number of para-hydroxylation sites is 1. The van der Waals surface area contributed by atoms with Crippen molar-refractivity contribution in [3.05, 3.63) is 36.1 Å². The lowest BCUT2D eigenvalue weighted by atomic mass is 10.0. The minimum atomic E-state index is -3.13. The van der Waals surface area contributed by atoms with Crippen molar-refractivity contribution < 1.29 is 27.2 Å². The molecule has 1 unspecified atom stereocenters. The summed E-state index contributed by atoms with van der Waals surface area (Å²) >= 11 is 0. The molecule has 0 aliphatic carbocycles. The van der Waals surface area contributed by atoms with E-state index in [0.717, 1.165) is 5.39 Å². The van der Waals surface area contributed by atoms with Gasteiger partial charge in [-0.05, 0) is 25.5 Å². The maximum absolute atomic E-state index is 11.9. The van der Waals surface area contributed by atoms with Gasteiger partial charge in [0.05, 0.1) is 17.0 Å². The van der Waals surface area contributed by atoms with Crippen LogP contribution in [-0.4, -0.2) is 43.9 Å². The number of esters is 1. The van der Waals surface area contributed by atoms with Gasteiger partial charge in [-0.3, -0.25) is 4.79 Å². The molecule has 1 aliphatic heterocycles. The monoisotopic (exact) mass is 351 g/mol. The molecule has 1 atom stereocenters. The summed E-state index contributed by atoms with van der Waals surface area (Å²) in [5.74, 6) is -1.34. The topological polar surface area (TPSA) is 103 Å². The number of benzene rings is 1. The first-order valence-corrected chi connectivity index (χ1v) is 9.26. The lowest BCUT2D eigenvalue weighted by Gasteiger charge is -2.23. The van der Waals surface area contributed by atoms with E-state index in [-0.39, 0.29) is 17.3 Å². The number of sulfone groups is 1. The molecule has 0 bridgehead atoms. The van der Waals surface area contributed by atoms with Gasteiger partial charge in [-0.15, -0.1) is 0 Å². The fourth-order valence-corrected chi connectivity index (χ4v) is 4.86. The standard InChI is InChI=1S/C16H17NO6S/c1-16(6-7-24(20,21)10-16)17-14(18)9-22-15(19)13-8-11-4-2-3-5-12(11)23-13/h2-5,8H,6-7,9-10H2,1H3,(H,17,18). The maximum Gasteiger partial charge on any atom is 0.374 e. The molecule has 1 saturated heterocycles. The van der Waals surface area contributed by atoms with Gasteiger partial charge in [0.1, 0.15) is 5.58 Å². The Bertz CT molecular complexity index is 867. The highest BCUT2D eigenvalue weighted by atomic mass is 32.2. The van der Waals surface area contributed by atoms with Crippen LogP contribution in [0.3, 0.4) is 0 Å². The minimum absolute atomic E-state index is 0.0126. The summed E-state index contributed by atoms with van der Waals surface area (Å²) in [5, 5.41) is 3.38. The maximum atomic E-state index is 11.9. The van der Waals surface area contributed by atoms with Gasteiger partial charge >= 0.3 is 5.97 Å². The SMILES string of the molecule is CC1(NC(=O)COC(=O)c2cc3ccccc3o2)CCS(=O)(=O)C1. The second kappa shape index (κ2) is 5.94. The molecular formula is C16H17NO6S. The van der Waals surface area contributed by atoms with Crippen molar-refractivity contribution in [2.45, 2.75) is 18.9 Å². The van der Waals surface area contributed by atoms with E-state index in [2.05, 4.69) is 5.32 Å². The third kappa shape index (κ3) is 3.59. The first-order valence-electron chi connectivity index (χ1n) is 7.44. The van der Waals surface area contributed by atoms with E-state index in [0.29, 0.717) is 12.0 Å². The number of amides is 1. The first kappa shape index (κ1) is 16.5. The zero-order chi connectivity index (χ0) is 17.4. The molecule has 0 saturated carbocycles. The molecule has 1 amide bonds. The average molecular weight is 351 g/mol. The molecule has 3 rings (SSSR count). The highest BCUT2D eigenvalue weighted by molar-refractivity contribution is 7.91. The summed E-state index contributed by atoms with van der Waals surface area (Å²) in [4.78, 5) is 23.9.